The summed E-state index contributed by atoms with van der Waals surface area (Å²) in [6, 6.07) is 14.2. The molecule has 0 aliphatic heterocycles. The fourth-order valence-corrected chi connectivity index (χ4v) is 3.87. The molecule has 0 saturated heterocycles. The Morgan fingerprint density at radius 1 is 0.529 bits per heavy atom. The standard InChI is InChI=1S/C28H30O6/c1-27(2,3)17-9-10-19-16(11-17)13-22(30)23(31)25(19)33-34-26-20-14-18(28(4,5)6)8-7-15(20)12-21(29)24(26)32/h7-14,29-32H,1-6H3. The summed E-state index contributed by atoms with van der Waals surface area (Å²) < 4.78 is 0. The van der Waals surface area contributed by atoms with Crippen LogP contribution in [0.2, 0.25) is 0 Å². The number of aromatic hydroxyl groups is 4. The van der Waals surface area contributed by atoms with E-state index < -0.39 is 11.5 Å². The molecule has 4 aromatic carbocycles. The second kappa shape index (κ2) is 7.90. The number of benzene rings is 4. The van der Waals surface area contributed by atoms with Crippen molar-refractivity contribution in [2.24, 2.45) is 0 Å². The van der Waals surface area contributed by atoms with Gasteiger partial charge in [0.1, 0.15) is 0 Å². The minimum absolute atomic E-state index is 0.0942. The Labute approximate surface area is 198 Å². The second-order valence-electron chi connectivity index (χ2n) is 10.7. The molecule has 4 aromatic rings. The molecule has 0 aromatic heterocycles. The van der Waals surface area contributed by atoms with E-state index in [9.17, 15) is 20.4 Å². The average Bonchev–Trinajstić information content (AvgIpc) is 2.74. The lowest BCUT2D eigenvalue weighted by atomic mass is 9.86. The number of fused-ring (bicyclic) bond motifs is 2. The van der Waals surface area contributed by atoms with Gasteiger partial charge in [-0.3, -0.25) is 9.78 Å². The van der Waals surface area contributed by atoms with Crippen molar-refractivity contribution in [1.82, 2.24) is 0 Å². The van der Waals surface area contributed by atoms with Crippen LogP contribution in [0.1, 0.15) is 52.7 Å². The van der Waals surface area contributed by atoms with Gasteiger partial charge in [-0.15, -0.1) is 0 Å². The topological polar surface area (TPSA) is 99.4 Å². The first-order valence-corrected chi connectivity index (χ1v) is 11.1. The van der Waals surface area contributed by atoms with Crippen LogP contribution >= 0.6 is 0 Å². The van der Waals surface area contributed by atoms with E-state index in [-0.39, 0.29) is 33.8 Å². The van der Waals surface area contributed by atoms with Crippen molar-refractivity contribution < 1.29 is 30.2 Å². The Balaban J connectivity index is 1.83. The Morgan fingerprint density at radius 3 is 1.56 bits per heavy atom. The quantitative estimate of drug-likeness (QED) is 0.152. The third kappa shape index (κ3) is 4.12. The Morgan fingerprint density at radius 2 is 1.00 bits per heavy atom. The SMILES string of the molecule is CC(C)(C)c1ccc2c(OOc3c(O)c(O)cc4ccc(C(C)(C)C)cc34)c(O)c(O)cc2c1. The van der Waals surface area contributed by atoms with E-state index in [1.807, 2.05) is 30.3 Å². The monoisotopic (exact) mass is 462 g/mol. The fraction of sp³-hybridized carbons (Fsp3) is 0.286. The predicted molar refractivity (Wildman–Crippen MR) is 133 cm³/mol. The number of hydrogen-bond acceptors (Lipinski definition) is 6. The van der Waals surface area contributed by atoms with Gasteiger partial charge in [-0.2, -0.15) is 0 Å². The van der Waals surface area contributed by atoms with Gasteiger partial charge in [-0.25, -0.2) is 0 Å². The summed E-state index contributed by atoms with van der Waals surface area (Å²) in [6.45, 7) is 12.4. The molecule has 0 aliphatic carbocycles. The molecule has 0 atom stereocenters. The molecule has 0 saturated carbocycles. The largest absolute Gasteiger partial charge is 0.504 e. The molecule has 0 spiro atoms. The third-order valence-electron chi connectivity index (χ3n) is 6.03. The third-order valence-corrected chi connectivity index (χ3v) is 6.03. The maximum absolute atomic E-state index is 10.6. The molecule has 0 heterocycles. The van der Waals surface area contributed by atoms with Crippen LogP contribution in [0.25, 0.3) is 21.5 Å². The lowest BCUT2D eigenvalue weighted by molar-refractivity contribution is -0.100. The van der Waals surface area contributed by atoms with E-state index in [2.05, 4.69) is 41.5 Å². The highest BCUT2D eigenvalue weighted by molar-refractivity contribution is 5.94. The number of phenolic OH excluding ortho intramolecular Hbond substituents is 4. The van der Waals surface area contributed by atoms with E-state index in [1.165, 1.54) is 12.1 Å². The van der Waals surface area contributed by atoms with Gasteiger partial charge in [0.25, 0.3) is 0 Å². The van der Waals surface area contributed by atoms with Gasteiger partial charge in [0, 0.05) is 10.8 Å². The summed E-state index contributed by atoms with van der Waals surface area (Å²) in [5, 5.41) is 44.0. The highest BCUT2D eigenvalue weighted by Gasteiger charge is 2.23. The van der Waals surface area contributed by atoms with E-state index in [1.54, 1.807) is 6.07 Å². The molecule has 0 fully saturated rings. The molecule has 6 nitrogen and oxygen atoms in total. The van der Waals surface area contributed by atoms with Crippen LogP contribution in [0.3, 0.4) is 0 Å². The molecule has 4 N–H and O–H groups in total. The highest BCUT2D eigenvalue weighted by atomic mass is 17.2. The average molecular weight is 463 g/mol. The van der Waals surface area contributed by atoms with Crippen LogP contribution in [0.15, 0.2) is 48.5 Å². The summed E-state index contributed by atoms with van der Waals surface area (Å²) in [7, 11) is 0. The van der Waals surface area contributed by atoms with E-state index >= 15 is 0 Å². The molecule has 0 bridgehead atoms. The zero-order valence-corrected chi connectivity index (χ0v) is 20.2. The summed E-state index contributed by atoms with van der Waals surface area (Å²) in [5.41, 5.74) is 1.76. The Kier molecular flexibility index (Phi) is 5.43. The van der Waals surface area contributed by atoms with Crippen LogP contribution in [-0.2, 0) is 10.8 Å². The first kappa shape index (κ1) is 23.4. The first-order chi connectivity index (χ1) is 15.8. The maximum atomic E-state index is 10.6. The van der Waals surface area contributed by atoms with Gasteiger partial charge in [0.15, 0.2) is 11.5 Å². The Hall–Kier alpha value is -3.80. The van der Waals surface area contributed by atoms with Crippen LogP contribution in [0.4, 0.5) is 0 Å². The number of rotatable bonds is 3. The number of phenols is 4. The summed E-state index contributed by atoms with van der Waals surface area (Å²) in [5.74, 6) is -1.90. The van der Waals surface area contributed by atoms with Crippen molar-refractivity contribution in [3.63, 3.8) is 0 Å². The molecule has 178 valence electrons. The van der Waals surface area contributed by atoms with E-state index in [0.717, 1.165) is 11.1 Å². The minimum Gasteiger partial charge on any atom is -0.504 e. The lowest BCUT2D eigenvalue weighted by Crippen LogP contribution is -2.11. The molecule has 4 rings (SSSR count). The summed E-state index contributed by atoms with van der Waals surface area (Å²) in [4.78, 5) is 11.1. The maximum Gasteiger partial charge on any atom is 0.231 e. The Bertz CT molecular complexity index is 1410. The highest BCUT2D eigenvalue weighted by Crippen LogP contribution is 2.46. The molecular weight excluding hydrogens is 432 g/mol. The van der Waals surface area contributed by atoms with Gasteiger partial charge >= 0.3 is 0 Å². The molecule has 0 amide bonds. The predicted octanol–water partition coefficient (Wildman–Crippen LogP) is 6.78. The van der Waals surface area contributed by atoms with Crippen molar-refractivity contribution in [1.29, 1.82) is 0 Å². The molecular formula is C28H30O6. The van der Waals surface area contributed by atoms with Crippen molar-refractivity contribution in [3.8, 4) is 34.5 Å². The van der Waals surface area contributed by atoms with Crippen LogP contribution in [0, 0.1) is 0 Å². The van der Waals surface area contributed by atoms with Gasteiger partial charge in [0.05, 0.1) is 0 Å². The second-order valence-corrected chi connectivity index (χ2v) is 10.7. The van der Waals surface area contributed by atoms with Crippen molar-refractivity contribution in [2.45, 2.75) is 52.4 Å². The molecule has 0 aliphatic rings. The van der Waals surface area contributed by atoms with Gasteiger partial charge in [0.2, 0.25) is 23.0 Å². The van der Waals surface area contributed by atoms with Crippen LogP contribution in [-0.4, -0.2) is 20.4 Å². The van der Waals surface area contributed by atoms with Gasteiger partial charge in [-0.05, 0) is 50.9 Å². The van der Waals surface area contributed by atoms with Gasteiger partial charge in [-0.1, -0.05) is 71.9 Å². The summed E-state index contributed by atoms with van der Waals surface area (Å²) in [6.07, 6.45) is 0. The zero-order valence-electron chi connectivity index (χ0n) is 20.2. The van der Waals surface area contributed by atoms with E-state index in [0.29, 0.717) is 21.5 Å². The molecule has 34 heavy (non-hydrogen) atoms. The van der Waals surface area contributed by atoms with Crippen LogP contribution in [0.5, 0.6) is 34.5 Å². The van der Waals surface area contributed by atoms with Crippen molar-refractivity contribution in [3.05, 3.63) is 59.7 Å². The van der Waals surface area contributed by atoms with Crippen molar-refractivity contribution in [2.75, 3.05) is 0 Å². The number of hydrogen-bond donors (Lipinski definition) is 4. The van der Waals surface area contributed by atoms with Crippen LogP contribution < -0.4 is 9.78 Å². The molecule has 6 heteroatoms. The van der Waals surface area contributed by atoms with Gasteiger partial charge < -0.3 is 20.4 Å². The molecule has 0 unspecified atom stereocenters. The first-order valence-electron chi connectivity index (χ1n) is 11.1. The summed E-state index contributed by atoms with van der Waals surface area (Å²) >= 11 is 0. The normalized spacial score (nSPS) is 12.3. The van der Waals surface area contributed by atoms with E-state index in [4.69, 9.17) is 9.78 Å². The fourth-order valence-electron chi connectivity index (χ4n) is 3.87. The lowest BCUT2D eigenvalue weighted by Gasteiger charge is -2.21. The zero-order chi connectivity index (χ0) is 25.0. The smallest absolute Gasteiger partial charge is 0.231 e. The van der Waals surface area contributed by atoms with Crippen molar-refractivity contribution >= 4 is 21.5 Å². The minimum atomic E-state index is -0.490. The molecule has 0 radical (unpaired) electrons.